The number of rotatable bonds is 1. The molecule has 1 aliphatic heterocycles. The number of aldehydes is 1. The van der Waals surface area contributed by atoms with Crippen LogP contribution < -0.4 is 0 Å². The van der Waals surface area contributed by atoms with Crippen LogP contribution in [-0.2, 0) is 4.79 Å². The van der Waals surface area contributed by atoms with Crippen molar-refractivity contribution < 1.29 is 4.79 Å². The minimum atomic E-state index is -0.337. The largest absolute Gasteiger partial charge is 0.301 e. The predicted molar refractivity (Wildman–Crippen MR) is 31.4 cm³/mol. The van der Waals surface area contributed by atoms with Crippen molar-refractivity contribution in [2.75, 3.05) is 0 Å². The van der Waals surface area contributed by atoms with Crippen molar-refractivity contribution in [3.05, 3.63) is 11.5 Å². The van der Waals surface area contributed by atoms with Gasteiger partial charge in [0.05, 0.1) is 0 Å². The van der Waals surface area contributed by atoms with Gasteiger partial charge < -0.3 is 4.79 Å². The first kappa shape index (κ1) is 5.50. The molecule has 0 aliphatic carbocycles. The number of nitrogens with zero attached hydrogens (tertiary/aromatic N) is 2. The molecular weight excluding hydrogens is 124 g/mol. The molecule has 0 amide bonds. The maximum atomic E-state index is 9.95. The molecule has 1 rings (SSSR count). The van der Waals surface area contributed by atoms with E-state index in [-0.39, 0.29) is 6.04 Å². The van der Waals surface area contributed by atoms with Crippen LogP contribution in [-0.4, -0.2) is 12.3 Å². The lowest BCUT2D eigenvalue weighted by Crippen LogP contribution is -2.00. The highest BCUT2D eigenvalue weighted by atomic mass is 32.2. The highest BCUT2D eigenvalue weighted by molar-refractivity contribution is 8.00. The van der Waals surface area contributed by atoms with Crippen LogP contribution in [0.2, 0.25) is 0 Å². The van der Waals surface area contributed by atoms with Gasteiger partial charge in [0.25, 0.3) is 0 Å². The summed E-state index contributed by atoms with van der Waals surface area (Å²) in [7, 11) is 0. The van der Waals surface area contributed by atoms with Gasteiger partial charge in [-0.2, -0.15) is 5.11 Å². The van der Waals surface area contributed by atoms with Crippen molar-refractivity contribution in [2.24, 2.45) is 9.63 Å². The van der Waals surface area contributed by atoms with Gasteiger partial charge in [-0.1, -0.05) is 0 Å². The second-order valence-electron chi connectivity index (χ2n) is 1.26. The summed E-state index contributed by atoms with van der Waals surface area (Å²) < 4.78 is 3.55. The maximum Gasteiger partial charge on any atom is 0.150 e. The Morgan fingerprint density at radius 1 is 1.75 bits per heavy atom. The molecule has 0 fully saturated rings. The predicted octanol–water partition coefficient (Wildman–Crippen LogP) is 1.18. The third kappa shape index (κ3) is 1.16. The van der Waals surface area contributed by atoms with E-state index in [0.29, 0.717) is 0 Å². The molecule has 42 valence electrons. The molecule has 1 atom stereocenters. The van der Waals surface area contributed by atoms with Crippen molar-refractivity contribution in [1.29, 1.82) is 0 Å². The fourth-order valence-corrected chi connectivity index (χ4v) is 0.785. The molecule has 3 nitrogen and oxygen atoms in total. The van der Waals surface area contributed by atoms with E-state index < -0.39 is 0 Å². The Hall–Kier alpha value is -0.640. The van der Waals surface area contributed by atoms with Gasteiger partial charge in [-0.05, 0) is 11.5 Å². The summed E-state index contributed by atoms with van der Waals surface area (Å²) in [4.78, 5) is 9.95. The van der Waals surface area contributed by atoms with Crippen LogP contribution in [0.5, 0.6) is 0 Å². The number of carbonyl (C=O) groups excluding carboxylic acids is 1. The van der Waals surface area contributed by atoms with Crippen LogP contribution in [0.25, 0.3) is 0 Å². The summed E-state index contributed by atoms with van der Waals surface area (Å²) >= 11 is 1.23. The Kier molecular flexibility index (Phi) is 1.80. The molecule has 0 aromatic heterocycles. The molecule has 0 N–H and O–H groups in total. The molecule has 1 unspecified atom stereocenters. The molecule has 0 saturated heterocycles. The number of hydrogen-bond acceptors (Lipinski definition) is 4. The Morgan fingerprint density at radius 2 is 2.62 bits per heavy atom. The number of hydrogen-bond donors (Lipinski definition) is 0. The molecule has 0 aromatic rings. The van der Waals surface area contributed by atoms with Crippen LogP contribution in [0.15, 0.2) is 21.1 Å². The fourth-order valence-electron chi connectivity index (χ4n) is 0.336. The lowest BCUT2D eigenvalue weighted by atomic mass is 10.4. The Balaban J connectivity index is 2.54. The maximum absolute atomic E-state index is 9.95. The SMILES string of the molecule is O=CC1C=CSN=N1. The molecule has 1 heterocycles. The standard InChI is InChI=1S/C4H4N2OS/c7-3-4-1-2-8-6-5-4/h1-4H. The van der Waals surface area contributed by atoms with Gasteiger partial charge in [-0.3, -0.25) is 0 Å². The summed E-state index contributed by atoms with van der Waals surface area (Å²) in [5, 5.41) is 5.32. The van der Waals surface area contributed by atoms with E-state index in [2.05, 4.69) is 9.63 Å². The van der Waals surface area contributed by atoms with Gasteiger partial charge in [-0.15, -0.1) is 4.52 Å². The molecule has 8 heavy (non-hydrogen) atoms. The van der Waals surface area contributed by atoms with Gasteiger partial charge >= 0.3 is 0 Å². The third-order valence-corrected chi connectivity index (χ3v) is 1.17. The summed E-state index contributed by atoms with van der Waals surface area (Å²) in [5.74, 6) is 0. The van der Waals surface area contributed by atoms with E-state index in [1.807, 2.05) is 0 Å². The Morgan fingerprint density at radius 3 is 3.00 bits per heavy atom. The second kappa shape index (κ2) is 2.61. The fraction of sp³-hybridized carbons (Fsp3) is 0.250. The van der Waals surface area contributed by atoms with Gasteiger partial charge in [0.15, 0.2) is 0 Å². The zero-order chi connectivity index (χ0) is 5.82. The number of carbonyl (C=O) groups is 1. The van der Waals surface area contributed by atoms with Gasteiger partial charge in [0, 0.05) is 11.9 Å². The highest BCUT2D eigenvalue weighted by Gasteiger charge is 2.00. The van der Waals surface area contributed by atoms with E-state index in [0.717, 1.165) is 6.29 Å². The molecule has 0 saturated carbocycles. The summed E-state index contributed by atoms with van der Waals surface area (Å²) in [6.07, 6.45) is 2.45. The van der Waals surface area contributed by atoms with E-state index >= 15 is 0 Å². The van der Waals surface area contributed by atoms with E-state index in [1.165, 1.54) is 11.9 Å². The molecular formula is C4H4N2OS. The lowest BCUT2D eigenvalue weighted by Gasteiger charge is -1.96. The first-order valence-corrected chi connectivity index (χ1v) is 2.95. The smallest absolute Gasteiger partial charge is 0.150 e. The highest BCUT2D eigenvalue weighted by Crippen LogP contribution is 2.12. The molecule has 0 aromatic carbocycles. The lowest BCUT2D eigenvalue weighted by molar-refractivity contribution is -0.108. The topological polar surface area (TPSA) is 41.8 Å². The summed E-state index contributed by atoms with van der Waals surface area (Å²) in [6, 6.07) is -0.337. The first-order valence-electron chi connectivity index (χ1n) is 2.11. The average molecular weight is 128 g/mol. The summed E-state index contributed by atoms with van der Waals surface area (Å²) in [6.45, 7) is 0. The minimum Gasteiger partial charge on any atom is -0.301 e. The van der Waals surface area contributed by atoms with Crippen LogP contribution in [0.3, 0.4) is 0 Å². The van der Waals surface area contributed by atoms with Gasteiger partial charge in [-0.25, -0.2) is 0 Å². The van der Waals surface area contributed by atoms with Crippen LogP contribution in [0.1, 0.15) is 0 Å². The van der Waals surface area contributed by atoms with Crippen molar-refractivity contribution in [3.8, 4) is 0 Å². The minimum absolute atomic E-state index is 0.337. The Bertz CT molecular complexity index is 131. The van der Waals surface area contributed by atoms with E-state index in [4.69, 9.17) is 0 Å². The first-order chi connectivity index (χ1) is 3.93. The van der Waals surface area contributed by atoms with E-state index in [9.17, 15) is 4.79 Å². The zero-order valence-corrected chi connectivity index (χ0v) is 4.84. The molecule has 4 heteroatoms. The van der Waals surface area contributed by atoms with Gasteiger partial charge in [0.1, 0.15) is 12.3 Å². The van der Waals surface area contributed by atoms with Crippen molar-refractivity contribution >= 4 is 18.2 Å². The molecule has 0 bridgehead atoms. The van der Waals surface area contributed by atoms with Crippen molar-refractivity contribution in [3.63, 3.8) is 0 Å². The molecule has 1 aliphatic rings. The van der Waals surface area contributed by atoms with Gasteiger partial charge in [0.2, 0.25) is 0 Å². The van der Waals surface area contributed by atoms with Crippen molar-refractivity contribution in [1.82, 2.24) is 0 Å². The Labute approximate surface area is 51.0 Å². The van der Waals surface area contributed by atoms with Crippen LogP contribution >= 0.6 is 11.9 Å². The molecule has 0 spiro atoms. The molecule has 0 radical (unpaired) electrons. The normalized spacial score (nSPS) is 25.8. The van der Waals surface area contributed by atoms with Crippen LogP contribution in [0, 0.1) is 0 Å². The monoisotopic (exact) mass is 128 g/mol. The quantitative estimate of drug-likeness (QED) is 0.393. The van der Waals surface area contributed by atoms with E-state index in [1.54, 1.807) is 11.5 Å². The second-order valence-corrected chi connectivity index (χ2v) is 1.90. The van der Waals surface area contributed by atoms with Crippen LogP contribution in [0.4, 0.5) is 0 Å². The van der Waals surface area contributed by atoms with Crippen molar-refractivity contribution in [2.45, 2.75) is 6.04 Å². The summed E-state index contributed by atoms with van der Waals surface area (Å²) in [5.41, 5.74) is 0. The zero-order valence-electron chi connectivity index (χ0n) is 4.02. The average Bonchev–Trinajstić information content (AvgIpc) is 1.90. The third-order valence-electron chi connectivity index (χ3n) is 0.704.